The minimum atomic E-state index is -4.59. The number of hydrogen-bond acceptors (Lipinski definition) is 3. The highest BCUT2D eigenvalue weighted by atomic mass is 79.9. The Balaban J connectivity index is 2.04. The second-order valence-electron chi connectivity index (χ2n) is 5.96. The summed E-state index contributed by atoms with van der Waals surface area (Å²) in [7, 11) is -3.47. The first-order valence-electron chi connectivity index (χ1n) is 7.74. The molecule has 4 nitrogen and oxygen atoms in total. The van der Waals surface area contributed by atoms with Crippen LogP contribution in [0.25, 0.3) is 0 Å². The summed E-state index contributed by atoms with van der Waals surface area (Å²) in [5.74, 6) is -1.04. The number of nitrogens with zero attached hydrogens (tertiary/aromatic N) is 1. The molecule has 0 bridgehead atoms. The molecule has 1 atom stereocenters. The standard InChI is InChI=1S/C18H13BrF3NO3S/c19-14-4-6-15(7-5-14)23(16-8-9-27(25,26)11-16)17(24)12-2-1-3-13(10-12)18(20,21)22/h1-10,16H,11H2. The Morgan fingerprint density at radius 3 is 2.33 bits per heavy atom. The van der Waals surface area contributed by atoms with E-state index in [4.69, 9.17) is 0 Å². The lowest BCUT2D eigenvalue weighted by molar-refractivity contribution is -0.137. The van der Waals surface area contributed by atoms with Crippen molar-refractivity contribution in [2.45, 2.75) is 12.2 Å². The van der Waals surface area contributed by atoms with Crippen LogP contribution in [0, 0.1) is 0 Å². The fourth-order valence-corrected chi connectivity index (χ4v) is 4.28. The lowest BCUT2D eigenvalue weighted by Gasteiger charge is -2.28. The predicted molar refractivity (Wildman–Crippen MR) is 99.1 cm³/mol. The maximum Gasteiger partial charge on any atom is 0.416 e. The summed E-state index contributed by atoms with van der Waals surface area (Å²) in [5, 5.41) is 1.02. The molecule has 0 saturated carbocycles. The quantitative estimate of drug-likeness (QED) is 0.682. The van der Waals surface area contributed by atoms with Gasteiger partial charge in [0.15, 0.2) is 9.84 Å². The molecule has 1 unspecified atom stereocenters. The van der Waals surface area contributed by atoms with Crippen LogP contribution in [0.15, 0.2) is 64.5 Å². The van der Waals surface area contributed by atoms with E-state index in [1.165, 1.54) is 17.0 Å². The van der Waals surface area contributed by atoms with Crippen molar-refractivity contribution in [2.24, 2.45) is 0 Å². The Labute approximate surface area is 162 Å². The highest BCUT2D eigenvalue weighted by Gasteiger charge is 2.34. The lowest BCUT2D eigenvalue weighted by Crippen LogP contribution is -2.41. The van der Waals surface area contributed by atoms with Gasteiger partial charge in [-0.05, 0) is 48.5 Å². The van der Waals surface area contributed by atoms with Crippen LogP contribution in [-0.2, 0) is 16.0 Å². The molecular formula is C18H13BrF3NO3S. The fourth-order valence-electron chi connectivity index (χ4n) is 2.75. The average molecular weight is 460 g/mol. The zero-order chi connectivity index (χ0) is 19.8. The molecular weight excluding hydrogens is 447 g/mol. The number of halogens is 4. The molecule has 27 heavy (non-hydrogen) atoms. The van der Waals surface area contributed by atoms with Crippen molar-refractivity contribution in [2.75, 3.05) is 10.7 Å². The second kappa shape index (κ2) is 7.12. The van der Waals surface area contributed by atoms with E-state index in [1.807, 2.05) is 0 Å². The molecule has 1 aliphatic heterocycles. The first kappa shape index (κ1) is 19.6. The summed E-state index contributed by atoms with van der Waals surface area (Å²) in [6.45, 7) is 0. The average Bonchev–Trinajstić information content (AvgIpc) is 2.95. The van der Waals surface area contributed by atoms with Gasteiger partial charge in [0.2, 0.25) is 0 Å². The van der Waals surface area contributed by atoms with E-state index >= 15 is 0 Å². The van der Waals surface area contributed by atoms with Crippen molar-refractivity contribution >= 4 is 37.4 Å². The van der Waals surface area contributed by atoms with E-state index in [2.05, 4.69) is 15.9 Å². The van der Waals surface area contributed by atoms with Crippen molar-refractivity contribution in [3.8, 4) is 0 Å². The van der Waals surface area contributed by atoms with Gasteiger partial charge in [-0.25, -0.2) is 8.42 Å². The van der Waals surface area contributed by atoms with Gasteiger partial charge in [0.1, 0.15) is 0 Å². The third-order valence-corrected chi connectivity index (χ3v) is 5.91. The van der Waals surface area contributed by atoms with E-state index in [9.17, 15) is 26.4 Å². The van der Waals surface area contributed by atoms with Crippen LogP contribution in [0.4, 0.5) is 18.9 Å². The number of anilines is 1. The van der Waals surface area contributed by atoms with E-state index < -0.39 is 33.5 Å². The summed E-state index contributed by atoms with van der Waals surface area (Å²) in [6, 6.07) is 9.76. The molecule has 0 fully saturated rings. The van der Waals surface area contributed by atoms with Crippen LogP contribution in [0.2, 0.25) is 0 Å². The number of rotatable bonds is 3. The number of alkyl halides is 3. The van der Waals surface area contributed by atoms with Gasteiger partial charge >= 0.3 is 6.18 Å². The Kier molecular flexibility index (Phi) is 5.18. The molecule has 142 valence electrons. The number of sulfone groups is 1. The first-order chi connectivity index (χ1) is 12.6. The Morgan fingerprint density at radius 2 is 1.78 bits per heavy atom. The zero-order valence-corrected chi connectivity index (χ0v) is 16.1. The van der Waals surface area contributed by atoms with Crippen LogP contribution >= 0.6 is 15.9 Å². The molecule has 0 aromatic heterocycles. The van der Waals surface area contributed by atoms with Crippen molar-refractivity contribution in [3.05, 3.63) is 75.6 Å². The number of carbonyl (C=O) groups excluding carboxylic acids is 1. The van der Waals surface area contributed by atoms with Gasteiger partial charge in [-0.15, -0.1) is 0 Å². The predicted octanol–water partition coefficient (Wildman–Crippen LogP) is 4.43. The minimum Gasteiger partial charge on any atom is -0.300 e. The smallest absolute Gasteiger partial charge is 0.300 e. The molecule has 9 heteroatoms. The van der Waals surface area contributed by atoms with Crippen molar-refractivity contribution < 1.29 is 26.4 Å². The maximum atomic E-state index is 13.0. The second-order valence-corrected chi connectivity index (χ2v) is 8.80. The molecule has 2 aromatic rings. The third-order valence-electron chi connectivity index (χ3n) is 4.00. The summed E-state index contributed by atoms with van der Waals surface area (Å²) in [6.07, 6.45) is -3.22. The number of benzene rings is 2. The van der Waals surface area contributed by atoms with Gasteiger partial charge in [-0.3, -0.25) is 4.79 Å². The van der Waals surface area contributed by atoms with Crippen LogP contribution in [0.5, 0.6) is 0 Å². The molecule has 1 amide bonds. The Morgan fingerprint density at radius 1 is 1.11 bits per heavy atom. The third kappa shape index (κ3) is 4.41. The maximum absolute atomic E-state index is 13.0. The van der Waals surface area contributed by atoms with E-state index in [1.54, 1.807) is 24.3 Å². The summed E-state index contributed by atoms with van der Waals surface area (Å²) in [5.41, 5.74) is -0.739. The fraction of sp³-hybridized carbons (Fsp3) is 0.167. The van der Waals surface area contributed by atoms with Crippen molar-refractivity contribution in [1.82, 2.24) is 0 Å². The van der Waals surface area contributed by atoms with Gasteiger partial charge in [0.25, 0.3) is 5.91 Å². The van der Waals surface area contributed by atoms with Crippen LogP contribution in [0.3, 0.4) is 0 Å². The normalized spacial score (nSPS) is 18.4. The van der Waals surface area contributed by atoms with Crippen LogP contribution in [0.1, 0.15) is 15.9 Å². The number of amides is 1. The van der Waals surface area contributed by atoms with Gasteiger partial charge in [0, 0.05) is 21.1 Å². The summed E-state index contributed by atoms with van der Waals surface area (Å²) >= 11 is 3.27. The highest BCUT2D eigenvalue weighted by Crippen LogP contribution is 2.31. The first-order valence-corrected chi connectivity index (χ1v) is 10.2. The van der Waals surface area contributed by atoms with Gasteiger partial charge in [0.05, 0.1) is 17.4 Å². The van der Waals surface area contributed by atoms with Gasteiger partial charge < -0.3 is 4.90 Å². The Bertz CT molecular complexity index is 1000. The molecule has 0 spiro atoms. The van der Waals surface area contributed by atoms with Gasteiger partial charge in [-0.2, -0.15) is 13.2 Å². The van der Waals surface area contributed by atoms with Crippen molar-refractivity contribution in [1.29, 1.82) is 0 Å². The Hall–Kier alpha value is -2.13. The number of hydrogen-bond donors (Lipinski definition) is 0. The monoisotopic (exact) mass is 459 g/mol. The van der Waals surface area contributed by atoms with Crippen molar-refractivity contribution in [3.63, 3.8) is 0 Å². The van der Waals surface area contributed by atoms with Gasteiger partial charge in [-0.1, -0.05) is 22.0 Å². The molecule has 0 saturated heterocycles. The number of carbonyl (C=O) groups is 1. The molecule has 3 rings (SSSR count). The molecule has 1 heterocycles. The molecule has 0 N–H and O–H groups in total. The molecule has 0 aliphatic carbocycles. The lowest BCUT2D eigenvalue weighted by atomic mass is 10.1. The van der Waals surface area contributed by atoms with E-state index in [-0.39, 0.29) is 11.3 Å². The van der Waals surface area contributed by atoms with Crippen LogP contribution < -0.4 is 4.90 Å². The minimum absolute atomic E-state index is 0.176. The summed E-state index contributed by atoms with van der Waals surface area (Å²) < 4.78 is 63.3. The topological polar surface area (TPSA) is 54.5 Å². The van der Waals surface area contributed by atoms with E-state index in [0.29, 0.717) is 5.69 Å². The van der Waals surface area contributed by atoms with Crippen LogP contribution in [-0.4, -0.2) is 26.1 Å². The highest BCUT2D eigenvalue weighted by molar-refractivity contribution is 9.10. The zero-order valence-electron chi connectivity index (χ0n) is 13.7. The SMILES string of the molecule is O=C(c1cccc(C(F)(F)F)c1)N(c1ccc(Br)cc1)C1C=CS(=O)(=O)C1. The summed E-state index contributed by atoms with van der Waals surface area (Å²) in [4.78, 5) is 14.2. The largest absolute Gasteiger partial charge is 0.416 e. The molecule has 1 aliphatic rings. The molecule has 0 radical (unpaired) electrons. The molecule has 2 aromatic carbocycles. The van der Waals surface area contributed by atoms with E-state index in [0.717, 1.165) is 28.1 Å².